The maximum atomic E-state index is 9.99. The van der Waals surface area contributed by atoms with Gasteiger partial charge in [-0.3, -0.25) is 14.6 Å². The van der Waals surface area contributed by atoms with E-state index in [0.29, 0.717) is 16.4 Å². The molecule has 0 aliphatic heterocycles. The Balaban J connectivity index is 2.41. The maximum Gasteiger partial charge on any atom is 0.140 e. The minimum absolute atomic E-state index is 0.413. The average Bonchev–Trinajstić information content (AvgIpc) is 2.59. The van der Waals surface area contributed by atoms with Crippen molar-refractivity contribution in [2.45, 2.75) is 6.10 Å². The zero-order valence-corrected chi connectivity index (χ0v) is 8.76. The van der Waals surface area contributed by atoms with Gasteiger partial charge in [-0.25, -0.2) is 0 Å². The number of halogens is 1. The normalized spacial score (nSPS) is 12.7. The molecule has 15 heavy (non-hydrogen) atoms. The minimum atomic E-state index is -0.904. The van der Waals surface area contributed by atoms with Gasteiger partial charge < -0.3 is 5.11 Å². The summed E-state index contributed by atoms with van der Waals surface area (Å²) in [7, 11) is 1.71. The smallest absolute Gasteiger partial charge is 0.140 e. The summed E-state index contributed by atoms with van der Waals surface area (Å²) in [6.45, 7) is 0. The number of hydrogen-bond acceptors (Lipinski definition) is 4. The van der Waals surface area contributed by atoms with Crippen LogP contribution in [-0.4, -0.2) is 24.9 Å². The number of nitrogens with zero attached hydrogens (tertiary/aromatic N) is 4. The molecule has 0 aliphatic rings. The first kappa shape index (κ1) is 10.1. The highest BCUT2D eigenvalue weighted by molar-refractivity contribution is 6.31. The number of rotatable bonds is 2. The lowest BCUT2D eigenvalue weighted by Gasteiger charge is -2.10. The Labute approximate surface area is 91.4 Å². The van der Waals surface area contributed by atoms with Gasteiger partial charge in [-0.05, 0) is 0 Å². The fraction of sp³-hybridized carbons (Fsp3) is 0.222. The Morgan fingerprint density at radius 2 is 2.20 bits per heavy atom. The third-order valence-corrected chi connectivity index (χ3v) is 2.35. The van der Waals surface area contributed by atoms with Gasteiger partial charge in [0.15, 0.2) is 0 Å². The maximum absolute atomic E-state index is 9.99. The summed E-state index contributed by atoms with van der Waals surface area (Å²) in [5.74, 6) is 0. The molecule has 1 unspecified atom stereocenters. The number of aromatic nitrogens is 4. The molecule has 2 aromatic heterocycles. The van der Waals surface area contributed by atoms with Crippen LogP contribution >= 0.6 is 11.6 Å². The molecule has 1 N–H and O–H groups in total. The first-order chi connectivity index (χ1) is 7.20. The van der Waals surface area contributed by atoms with Gasteiger partial charge in [0.2, 0.25) is 0 Å². The van der Waals surface area contributed by atoms with Crippen LogP contribution in [0.2, 0.25) is 5.02 Å². The highest BCUT2D eigenvalue weighted by atomic mass is 35.5. The topological polar surface area (TPSA) is 63.8 Å². The molecular weight excluding hydrogens is 216 g/mol. The molecule has 78 valence electrons. The summed E-state index contributed by atoms with van der Waals surface area (Å²) in [4.78, 5) is 7.88. The molecule has 0 fully saturated rings. The molecule has 0 bridgehead atoms. The van der Waals surface area contributed by atoms with Crippen LogP contribution in [0.5, 0.6) is 0 Å². The van der Waals surface area contributed by atoms with Gasteiger partial charge in [0.1, 0.15) is 6.10 Å². The minimum Gasteiger partial charge on any atom is -0.380 e. The van der Waals surface area contributed by atoms with Crippen molar-refractivity contribution in [2.75, 3.05) is 0 Å². The third-order valence-electron chi connectivity index (χ3n) is 2.06. The van der Waals surface area contributed by atoms with Crippen molar-refractivity contribution < 1.29 is 5.11 Å². The fourth-order valence-electron chi connectivity index (χ4n) is 1.32. The Morgan fingerprint density at radius 3 is 2.73 bits per heavy atom. The summed E-state index contributed by atoms with van der Waals surface area (Å²) >= 11 is 5.90. The lowest BCUT2D eigenvalue weighted by atomic mass is 10.2. The van der Waals surface area contributed by atoms with E-state index >= 15 is 0 Å². The van der Waals surface area contributed by atoms with Crippen molar-refractivity contribution in [3.63, 3.8) is 0 Å². The molecule has 2 rings (SSSR count). The summed E-state index contributed by atoms with van der Waals surface area (Å²) < 4.78 is 1.52. The van der Waals surface area contributed by atoms with Gasteiger partial charge in [0, 0.05) is 19.4 Å². The Kier molecular flexibility index (Phi) is 2.66. The predicted octanol–water partition coefficient (Wildman–Crippen LogP) is 0.945. The van der Waals surface area contributed by atoms with Crippen molar-refractivity contribution in [1.29, 1.82) is 0 Å². The van der Waals surface area contributed by atoms with E-state index in [0.717, 1.165) is 0 Å². The van der Waals surface area contributed by atoms with Gasteiger partial charge in [0.05, 0.1) is 28.8 Å². The molecule has 2 aromatic rings. The third kappa shape index (κ3) is 1.84. The molecular formula is C9H9ClN4O. The SMILES string of the molecule is Cn1ncc(Cl)c1C(O)c1cnccn1. The fourth-order valence-corrected chi connectivity index (χ4v) is 1.59. The van der Waals surface area contributed by atoms with Crippen LogP contribution in [-0.2, 0) is 7.05 Å². The lowest BCUT2D eigenvalue weighted by Crippen LogP contribution is -2.08. The lowest BCUT2D eigenvalue weighted by molar-refractivity contribution is 0.204. The number of aliphatic hydroxyl groups is 1. The summed E-state index contributed by atoms with van der Waals surface area (Å²) in [6, 6.07) is 0. The molecule has 0 saturated carbocycles. The van der Waals surface area contributed by atoms with Crippen molar-refractivity contribution in [2.24, 2.45) is 7.05 Å². The first-order valence-corrected chi connectivity index (χ1v) is 4.69. The molecule has 1 atom stereocenters. The van der Waals surface area contributed by atoms with E-state index in [1.165, 1.54) is 23.3 Å². The second kappa shape index (κ2) is 3.96. The molecule has 0 saturated heterocycles. The van der Waals surface area contributed by atoms with Gasteiger partial charge >= 0.3 is 0 Å². The average molecular weight is 225 g/mol. The summed E-state index contributed by atoms with van der Waals surface area (Å²) in [5, 5.41) is 14.3. The zero-order chi connectivity index (χ0) is 10.8. The van der Waals surface area contributed by atoms with Crippen LogP contribution < -0.4 is 0 Å². The predicted molar refractivity (Wildman–Crippen MR) is 54.3 cm³/mol. The molecule has 5 nitrogen and oxygen atoms in total. The summed E-state index contributed by atoms with van der Waals surface area (Å²) in [6.07, 6.45) is 5.13. The van der Waals surface area contributed by atoms with E-state index in [9.17, 15) is 5.11 Å². The van der Waals surface area contributed by atoms with Crippen LogP contribution in [0.25, 0.3) is 0 Å². The number of aliphatic hydroxyl groups excluding tert-OH is 1. The highest BCUT2D eigenvalue weighted by Crippen LogP contribution is 2.25. The quantitative estimate of drug-likeness (QED) is 0.825. The second-order valence-corrected chi connectivity index (χ2v) is 3.44. The Hall–Kier alpha value is -1.46. The van der Waals surface area contributed by atoms with Crippen molar-refractivity contribution in [3.05, 3.63) is 41.2 Å². The van der Waals surface area contributed by atoms with E-state index in [1.807, 2.05) is 0 Å². The van der Waals surface area contributed by atoms with Crippen LogP contribution in [0.1, 0.15) is 17.5 Å². The van der Waals surface area contributed by atoms with Gasteiger partial charge in [-0.1, -0.05) is 11.6 Å². The second-order valence-electron chi connectivity index (χ2n) is 3.03. The molecule has 0 radical (unpaired) electrons. The first-order valence-electron chi connectivity index (χ1n) is 4.31. The zero-order valence-electron chi connectivity index (χ0n) is 8.00. The molecule has 0 amide bonds. The highest BCUT2D eigenvalue weighted by Gasteiger charge is 2.19. The number of aryl methyl sites for hydroxylation is 1. The van der Waals surface area contributed by atoms with Gasteiger partial charge in [0.25, 0.3) is 0 Å². The van der Waals surface area contributed by atoms with E-state index in [4.69, 9.17) is 11.6 Å². The molecule has 6 heteroatoms. The van der Waals surface area contributed by atoms with E-state index in [1.54, 1.807) is 13.2 Å². The van der Waals surface area contributed by atoms with Crippen LogP contribution in [0.4, 0.5) is 0 Å². The van der Waals surface area contributed by atoms with Crippen molar-refractivity contribution in [3.8, 4) is 0 Å². The summed E-state index contributed by atoms with van der Waals surface area (Å²) in [5.41, 5.74) is 0.958. The van der Waals surface area contributed by atoms with Crippen molar-refractivity contribution in [1.82, 2.24) is 19.7 Å². The Morgan fingerprint density at radius 1 is 1.40 bits per heavy atom. The van der Waals surface area contributed by atoms with Crippen LogP contribution in [0.3, 0.4) is 0 Å². The standard InChI is InChI=1S/C9H9ClN4O/c1-14-8(6(10)4-13-14)9(15)7-5-11-2-3-12-7/h2-5,9,15H,1H3. The van der Waals surface area contributed by atoms with Crippen LogP contribution in [0.15, 0.2) is 24.8 Å². The van der Waals surface area contributed by atoms with Gasteiger partial charge in [-0.2, -0.15) is 5.10 Å². The van der Waals surface area contributed by atoms with Crippen LogP contribution in [0, 0.1) is 0 Å². The van der Waals surface area contributed by atoms with E-state index in [2.05, 4.69) is 15.1 Å². The van der Waals surface area contributed by atoms with Crippen molar-refractivity contribution >= 4 is 11.6 Å². The Bertz CT molecular complexity index is 437. The molecule has 0 spiro atoms. The van der Waals surface area contributed by atoms with E-state index < -0.39 is 6.10 Å². The monoisotopic (exact) mass is 224 g/mol. The molecule has 2 heterocycles. The molecule has 0 aromatic carbocycles. The largest absolute Gasteiger partial charge is 0.380 e. The van der Waals surface area contributed by atoms with Gasteiger partial charge in [-0.15, -0.1) is 0 Å². The molecule has 0 aliphatic carbocycles. The van der Waals surface area contributed by atoms with E-state index in [-0.39, 0.29) is 0 Å². The number of hydrogen-bond donors (Lipinski definition) is 1.